The molecule has 2 atom stereocenters. The van der Waals surface area contributed by atoms with Gasteiger partial charge in [0, 0.05) is 19.1 Å². The Labute approximate surface area is 120 Å². The van der Waals surface area contributed by atoms with E-state index in [0.717, 1.165) is 4.31 Å². The molecule has 2 unspecified atom stereocenters. The van der Waals surface area contributed by atoms with Crippen LogP contribution in [0.4, 0.5) is 13.2 Å². The van der Waals surface area contributed by atoms with Crippen LogP contribution in [0, 0.1) is 17.5 Å². The molecule has 1 heterocycles. The third kappa shape index (κ3) is 3.05. The summed E-state index contributed by atoms with van der Waals surface area (Å²) in [5.41, 5.74) is 5.66. The van der Waals surface area contributed by atoms with Crippen molar-refractivity contribution in [3.05, 3.63) is 29.6 Å². The second-order valence-electron chi connectivity index (χ2n) is 4.80. The average Bonchev–Trinajstić information content (AvgIpc) is 2.44. The molecule has 5 nitrogen and oxygen atoms in total. The summed E-state index contributed by atoms with van der Waals surface area (Å²) in [4.78, 5) is -0.897. The Hall–Kier alpha value is -1.16. The molecule has 1 aromatic carbocycles. The van der Waals surface area contributed by atoms with Gasteiger partial charge >= 0.3 is 0 Å². The summed E-state index contributed by atoms with van der Waals surface area (Å²) in [6.07, 6.45) is -0.540. The van der Waals surface area contributed by atoms with Gasteiger partial charge in [-0.15, -0.1) is 0 Å². The summed E-state index contributed by atoms with van der Waals surface area (Å²) in [6.45, 7) is 1.66. The predicted molar refractivity (Wildman–Crippen MR) is 68.5 cm³/mol. The summed E-state index contributed by atoms with van der Waals surface area (Å²) >= 11 is 0. The van der Waals surface area contributed by atoms with E-state index in [1.54, 1.807) is 6.92 Å². The molecule has 0 aliphatic carbocycles. The van der Waals surface area contributed by atoms with Gasteiger partial charge in [-0.2, -0.15) is 4.31 Å². The molecule has 9 heteroatoms. The first kappa shape index (κ1) is 16.2. The molecule has 1 aliphatic rings. The number of hydrogen-bond acceptors (Lipinski definition) is 4. The molecule has 21 heavy (non-hydrogen) atoms. The van der Waals surface area contributed by atoms with E-state index in [4.69, 9.17) is 10.5 Å². The van der Waals surface area contributed by atoms with Crippen LogP contribution in [0.5, 0.6) is 0 Å². The third-order valence-electron chi connectivity index (χ3n) is 3.26. The van der Waals surface area contributed by atoms with Gasteiger partial charge < -0.3 is 10.5 Å². The Morgan fingerprint density at radius 3 is 2.62 bits per heavy atom. The summed E-state index contributed by atoms with van der Waals surface area (Å²) in [7, 11) is -4.28. The lowest BCUT2D eigenvalue weighted by Gasteiger charge is -2.33. The minimum absolute atomic E-state index is 0.00993. The topological polar surface area (TPSA) is 72.6 Å². The zero-order valence-corrected chi connectivity index (χ0v) is 12.0. The highest BCUT2D eigenvalue weighted by Crippen LogP contribution is 2.24. The summed E-state index contributed by atoms with van der Waals surface area (Å²) < 4.78 is 70.8. The van der Waals surface area contributed by atoms with Gasteiger partial charge in [0.1, 0.15) is 4.90 Å². The van der Waals surface area contributed by atoms with Gasteiger partial charge in [0.25, 0.3) is 0 Å². The Kier molecular flexibility index (Phi) is 4.57. The van der Waals surface area contributed by atoms with E-state index >= 15 is 0 Å². The largest absolute Gasteiger partial charge is 0.374 e. The van der Waals surface area contributed by atoms with Crippen molar-refractivity contribution in [3.63, 3.8) is 0 Å². The standard InChI is InChI=1S/C12H15F3N2O3S/c1-7(16)9-6-17(4-5-20-9)21(18,19)10-3-2-8(13)11(14)12(10)15/h2-3,7,9H,4-6,16H2,1H3. The monoisotopic (exact) mass is 324 g/mol. The van der Waals surface area contributed by atoms with Crippen molar-refractivity contribution in [2.24, 2.45) is 5.73 Å². The smallest absolute Gasteiger partial charge is 0.246 e. The van der Waals surface area contributed by atoms with Gasteiger partial charge in [0.2, 0.25) is 10.0 Å². The number of hydrogen-bond donors (Lipinski definition) is 1. The Morgan fingerprint density at radius 1 is 1.33 bits per heavy atom. The maximum atomic E-state index is 13.7. The lowest BCUT2D eigenvalue weighted by molar-refractivity contribution is -0.0120. The normalized spacial score (nSPS) is 22.2. The number of morpholine rings is 1. The van der Waals surface area contributed by atoms with Gasteiger partial charge in [-0.3, -0.25) is 0 Å². The van der Waals surface area contributed by atoms with E-state index in [1.807, 2.05) is 0 Å². The van der Waals surface area contributed by atoms with Crippen molar-refractivity contribution in [3.8, 4) is 0 Å². The van der Waals surface area contributed by atoms with E-state index < -0.39 is 44.5 Å². The number of halogens is 3. The lowest BCUT2D eigenvalue weighted by atomic mass is 10.2. The molecule has 2 N–H and O–H groups in total. The molecule has 0 spiro atoms. The van der Waals surface area contributed by atoms with Crippen molar-refractivity contribution in [2.75, 3.05) is 19.7 Å². The Morgan fingerprint density at radius 2 is 2.00 bits per heavy atom. The van der Waals surface area contributed by atoms with Crippen molar-refractivity contribution >= 4 is 10.0 Å². The highest BCUT2D eigenvalue weighted by Gasteiger charge is 2.35. The van der Waals surface area contributed by atoms with E-state index in [0.29, 0.717) is 12.1 Å². The van der Waals surface area contributed by atoms with Gasteiger partial charge in [-0.1, -0.05) is 0 Å². The van der Waals surface area contributed by atoms with Crippen molar-refractivity contribution < 1.29 is 26.3 Å². The quantitative estimate of drug-likeness (QED) is 0.837. The highest BCUT2D eigenvalue weighted by molar-refractivity contribution is 7.89. The van der Waals surface area contributed by atoms with E-state index in [1.165, 1.54) is 0 Å². The van der Waals surface area contributed by atoms with Crippen molar-refractivity contribution in [1.29, 1.82) is 0 Å². The molecule has 2 rings (SSSR count). The first-order valence-corrected chi connectivity index (χ1v) is 7.70. The van der Waals surface area contributed by atoms with Crippen LogP contribution in [-0.2, 0) is 14.8 Å². The van der Waals surface area contributed by atoms with E-state index in [-0.39, 0.29) is 19.7 Å². The number of benzene rings is 1. The summed E-state index contributed by atoms with van der Waals surface area (Å²) in [6, 6.07) is 0.867. The average molecular weight is 324 g/mol. The number of nitrogens with zero attached hydrogens (tertiary/aromatic N) is 1. The van der Waals surface area contributed by atoms with Crippen molar-refractivity contribution in [1.82, 2.24) is 4.31 Å². The van der Waals surface area contributed by atoms with Gasteiger partial charge in [0.05, 0.1) is 12.7 Å². The first-order chi connectivity index (χ1) is 9.75. The minimum Gasteiger partial charge on any atom is -0.374 e. The maximum absolute atomic E-state index is 13.7. The SMILES string of the molecule is CC(N)C1CN(S(=O)(=O)c2ccc(F)c(F)c2F)CCO1. The number of ether oxygens (including phenoxy) is 1. The van der Waals surface area contributed by atoms with Crippen LogP contribution in [0.15, 0.2) is 17.0 Å². The van der Waals surface area contributed by atoms with Crippen LogP contribution in [0.25, 0.3) is 0 Å². The fraction of sp³-hybridized carbons (Fsp3) is 0.500. The van der Waals surface area contributed by atoms with Gasteiger partial charge in [0.15, 0.2) is 17.5 Å². The molecule has 1 aromatic rings. The molecule has 0 aromatic heterocycles. The zero-order valence-electron chi connectivity index (χ0n) is 11.2. The fourth-order valence-electron chi connectivity index (χ4n) is 2.03. The Bertz CT molecular complexity index is 637. The molecule has 0 saturated carbocycles. The second-order valence-corrected chi connectivity index (χ2v) is 6.71. The summed E-state index contributed by atoms with van der Waals surface area (Å²) in [5.74, 6) is -4.98. The fourth-order valence-corrected chi connectivity index (χ4v) is 3.53. The van der Waals surface area contributed by atoms with Gasteiger partial charge in [-0.25, -0.2) is 21.6 Å². The molecule has 1 aliphatic heterocycles. The molecule has 1 fully saturated rings. The molecule has 0 bridgehead atoms. The lowest BCUT2D eigenvalue weighted by Crippen LogP contribution is -2.51. The molecular formula is C12H15F3N2O3S. The van der Waals surface area contributed by atoms with Crippen LogP contribution in [0.2, 0.25) is 0 Å². The molecular weight excluding hydrogens is 309 g/mol. The highest BCUT2D eigenvalue weighted by atomic mass is 32.2. The predicted octanol–water partition coefficient (Wildman–Crippen LogP) is 0.841. The molecule has 0 radical (unpaired) electrons. The van der Waals surface area contributed by atoms with Crippen LogP contribution in [0.1, 0.15) is 6.92 Å². The van der Waals surface area contributed by atoms with Crippen molar-refractivity contribution in [2.45, 2.75) is 24.0 Å². The molecule has 118 valence electrons. The zero-order chi connectivity index (χ0) is 15.8. The van der Waals surface area contributed by atoms with Crippen LogP contribution >= 0.6 is 0 Å². The second kappa shape index (κ2) is 5.91. The van der Waals surface area contributed by atoms with Crippen LogP contribution in [0.3, 0.4) is 0 Å². The van der Waals surface area contributed by atoms with Crippen LogP contribution in [-0.4, -0.2) is 44.6 Å². The first-order valence-electron chi connectivity index (χ1n) is 6.26. The Balaban J connectivity index is 2.36. The minimum atomic E-state index is -4.28. The molecule has 0 amide bonds. The van der Waals surface area contributed by atoms with Gasteiger partial charge in [-0.05, 0) is 19.1 Å². The van der Waals surface area contributed by atoms with E-state index in [2.05, 4.69) is 0 Å². The number of rotatable bonds is 3. The maximum Gasteiger partial charge on any atom is 0.246 e. The molecule has 1 saturated heterocycles. The van der Waals surface area contributed by atoms with Crippen LogP contribution < -0.4 is 5.73 Å². The summed E-state index contributed by atoms with van der Waals surface area (Å²) in [5, 5.41) is 0. The number of sulfonamides is 1. The third-order valence-corrected chi connectivity index (χ3v) is 5.14. The number of nitrogens with two attached hydrogens (primary N) is 1. The van der Waals surface area contributed by atoms with E-state index in [9.17, 15) is 21.6 Å².